The largest absolute Gasteiger partial charge is 0.418 e. The highest BCUT2D eigenvalue weighted by Gasteiger charge is 2.44. The molecule has 0 amide bonds. The fourth-order valence-electron chi connectivity index (χ4n) is 3.04. The molecule has 2 N–H and O–H groups in total. The van der Waals surface area contributed by atoms with Gasteiger partial charge in [0.15, 0.2) is 0 Å². The molecule has 0 radical (unpaired) electrons. The number of hydrogen-bond acceptors (Lipinski definition) is 3. The number of amidine groups is 1. The molecule has 2 aliphatic rings. The van der Waals surface area contributed by atoms with Crippen LogP contribution in [0.1, 0.15) is 34.1 Å². The van der Waals surface area contributed by atoms with Crippen molar-refractivity contribution in [2.45, 2.75) is 46.3 Å². The van der Waals surface area contributed by atoms with Crippen LogP contribution in [0.25, 0.3) is 0 Å². The second kappa shape index (κ2) is 7.42. The molecule has 0 aliphatic carbocycles. The third kappa shape index (κ3) is 4.01. The van der Waals surface area contributed by atoms with E-state index < -0.39 is 11.7 Å². The minimum atomic E-state index is -4.42. The molecule has 7 heteroatoms. The van der Waals surface area contributed by atoms with E-state index in [9.17, 15) is 13.2 Å². The summed E-state index contributed by atoms with van der Waals surface area (Å²) in [7, 11) is 0. The van der Waals surface area contributed by atoms with Gasteiger partial charge in [0.2, 0.25) is 0 Å². The second-order valence-electron chi connectivity index (χ2n) is 6.16. The maximum Gasteiger partial charge on any atom is 0.418 e. The lowest BCUT2D eigenvalue weighted by Gasteiger charge is -2.35. The normalized spacial score (nSPS) is 26.5. The van der Waals surface area contributed by atoms with Gasteiger partial charge >= 0.3 is 6.18 Å². The highest BCUT2D eigenvalue weighted by Crippen LogP contribution is 2.39. The Morgan fingerprint density at radius 2 is 2.12 bits per heavy atom. The molecule has 0 aromatic heterocycles. The molecule has 0 saturated carbocycles. The molecule has 2 heterocycles. The van der Waals surface area contributed by atoms with Crippen LogP contribution in [-0.2, 0) is 0 Å². The van der Waals surface area contributed by atoms with Crippen LogP contribution in [0.5, 0.6) is 0 Å². The van der Waals surface area contributed by atoms with Crippen LogP contribution in [0.15, 0.2) is 39.8 Å². The Hall–Kier alpha value is -1.76. The van der Waals surface area contributed by atoms with Crippen molar-refractivity contribution in [2.75, 3.05) is 19.6 Å². The standard InChI is InChI=1S/C17H25F3N4/c1-5-6-7-22-16-14(15(12(3)23-16)17(18,19)20)13(4)24-9-8-21-11(2)10-24/h6-7,11,21H,5,8-10H2,1-4H3,(H,22,23)/b7-6+,14-13+. The number of nitrogens with zero attached hydrogens (tertiary/aromatic N) is 2. The monoisotopic (exact) mass is 342 g/mol. The highest BCUT2D eigenvalue weighted by atomic mass is 19.4. The van der Waals surface area contributed by atoms with E-state index in [1.807, 2.05) is 24.8 Å². The number of hydrogen-bond donors (Lipinski definition) is 2. The molecule has 1 fully saturated rings. The van der Waals surface area contributed by atoms with Gasteiger partial charge in [0.25, 0.3) is 0 Å². The molecule has 1 atom stereocenters. The van der Waals surface area contributed by atoms with Crippen molar-refractivity contribution in [1.29, 1.82) is 0 Å². The first-order valence-electron chi connectivity index (χ1n) is 8.23. The maximum atomic E-state index is 13.6. The van der Waals surface area contributed by atoms with E-state index in [1.54, 1.807) is 13.1 Å². The third-order valence-electron chi connectivity index (χ3n) is 4.20. The summed E-state index contributed by atoms with van der Waals surface area (Å²) in [5.74, 6) is 0.271. The van der Waals surface area contributed by atoms with E-state index in [4.69, 9.17) is 0 Å². The summed E-state index contributed by atoms with van der Waals surface area (Å²) in [5, 5.41) is 6.11. The minimum Gasteiger partial charge on any atom is -0.372 e. The molecular weight excluding hydrogens is 317 g/mol. The summed E-state index contributed by atoms with van der Waals surface area (Å²) < 4.78 is 40.8. The summed E-state index contributed by atoms with van der Waals surface area (Å²) in [6.07, 6.45) is -0.264. The first-order valence-corrected chi connectivity index (χ1v) is 8.23. The van der Waals surface area contributed by atoms with Gasteiger partial charge in [0, 0.05) is 48.8 Å². The van der Waals surface area contributed by atoms with Gasteiger partial charge in [-0.15, -0.1) is 0 Å². The molecule has 1 unspecified atom stereocenters. The summed E-state index contributed by atoms with van der Waals surface area (Å²) >= 11 is 0. The Kier molecular flexibility index (Phi) is 5.74. The predicted octanol–water partition coefficient (Wildman–Crippen LogP) is 3.32. The first-order chi connectivity index (χ1) is 11.3. The van der Waals surface area contributed by atoms with Gasteiger partial charge in [0.1, 0.15) is 5.84 Å². The molecule has 0 bridgehead atoms. The van der Waals surface area contributed by atoms with Crippen molar-refractivity contribution < 1.29 is 13.2 Å². The number of alkyl halides is 3. The summed E-state index contributed by atoms with van der Waals surface area (Å²) in [6, 6.07) is 0.239. The van der Waals surface area contributed by atoms with Gasteiger partial charge in [-0.3, -0.25) is 0 Å². The van der Waals surface area contributed by atoms with E-state index in [-0.39, 0.29) is 23.1 Å². The number of nitrogens with one attached hydrogen (secondary N) is 2. The number of rotatable bonds is 3. The van der Waals surface area contributed by atoms with Crippen LogP contribution in [0.2, 0.25) is 0 Å². The minimum absolute atomic E-state index is 0.101. The van der Waals surface area contributed by atoms with Crippen LogP contribution in [0.4, 0.5) is 13.2 Å². The SMILES string of the molecule is CC/C=C/N=C1\NC(C)=C(C(F)(F)F)\C1=C(\C)N1CCNC(C)C1. The number of piperazine rings is 1. The van der Waals surface area contributed by atoms with Crippen LogP contribution in [-0.4, -0.2) is 42.6 Å². The Labute approximate surface area is 141 Å². The maximum absolute atomic E-state index is 13.6. The molecule has 134 valence electrons. The molecule has 0 aromatic carbocycles. The second-order valence-corrected chi connectivity index (χ2v) is 6.16. The molecule has 0 aromatic rings. The number of allylic oxidation sites excluding steroid dienone is 3. The van der Waals surface area contributed by atoms with Gasteiger partial charge in [-0.25, -0.2) is 4.99 Å². The van der Waals surface area contributed by atoms with Crippen LogP contribution in [0.3, 0.4) is 0 Å². The van der Waals surface area contributed by atoms with Crippen molar-refractivity contribution in [1.82, 2.24) is 15.5 Å². The summed E-state index contributed by atoms with van der Waals surface area (Å²) in [6.45, 7) is 9.29. The van der Waals surface area contributed by atoms with Gasteiger partial charge in [-0.05, 0) is 27.2 Å². The Morgan fingerprint density at radius 3 is 2.71 bits per heavy atom. The van der Waals surface area contributed by atoms with Crippen molar-refractivity contribution >= 4 is 5.84 Å². The Bertz CT molecular complexity index is 599. The average molecular weight is 342 g/mol. The molecule has 0 spiro atoms. The molecule has 2 rings (SSSR count). The van der Waals surface area contributed by atoms with Crippen molar-refractivity contribution in [3.05, 3.63) is 34.8 Å². The Balaban J connectivity index is 2.49. The van der Waals surface area contributed by atoms with E-state index >= 15 is 0 Å². The van der Waals surface area contributed by atoms with Crippen molar-refractivity contribution in [3.63, 3.8) is 0 Å². The van der Waals surface area contributed by atoms with Gasteiger partial charge in [-0.2, -0.15) is 13.2 Å². The van der Waals surface area contributed by atoms with Gasteiger partial charge < -0.3 is 15.5 Å². The first kappa shape index (κ1) is 18.6. The molecule has 1 saturated heterocycles. The van der Waals surface area contributed by atoms with Crippen LogP contribution in [0, 0.1) is 0 Å². The zero-order chi connectivity index (χ0) is 17.9. The zero-order valence-corrected chi connectivity index (χ0v) is 14.6. The van der Waals surface area contributed by atoms with E-state index in [2.05, 4.69) is 15.6 Å². The number of aliphatic imine (C=N–C) groups is 1. The molecular formula is C17H25F3N4. The van der Waals surface area contributed by atoms with Gasteiger partial charge in [0.05, 0.1) is 5.57 Å². The van der Waals surface area contributed by atoms with E-state index in [0.29, 0.717) is 18.8 Å². The smallest absolute Gasteiger partial charge is 0.372 e. The van der Waals surface area contributed by atoms with E-state index in [0.717, 1.165) is 13.0 Å². The zero-order valence-electron chi connectivity index (χ0n) is 14.6. The topological polar surface area (TPSA) is 39.7 Å². The predicted molar refractivity (Wildman–Crippen MR) is 90.5 cm³/mol. The summed E-state index contributed by atoms with van der Waals surface area (Å²) in [4.78, 5) is 6.23. The van der Waals surface area contributed by atoms with Crippen molar-refractivity contribution in [2.24, 2.45) is 4.99 Å². The highest BCUT2D eigenvalue weighted by molar-refractivity contribution is 6.07. The molecule has 24 heavy (non-hydrogen) atoms. The summed E-state index contributed by atoms with van der Waals surface area (Å²) in [5.41, 5.74) is 0.261. The fourth-order valence-corrected chi connectivity index (χ4v) is 3.04. The van der Waals surface area contributed by atoms with E-state index in [1.165, 1.54) is 6.92 Å². The lowest BCUT2D eigenvalue weighted by atomic mass is 10.0. The van der Waals surface area contributed by atoms with Crippen LogP contribution < -0.4 is 10.6 Å². The van der Waals surface area contributed by atoms with Crippen LogP contribution >= 0.6 is 0 Å². The molecule has 2 aliphatic heterocycles. The van der Waals surface area contributed by atoms with Gasteiger partial charge in [-0.1, -0.05) is 13.0 Å². The average Bonchev–Trinajstić information content (AvgIpc) is 2.83. The van der Waals surface area contributed by atoms with Crippen molar-refractivity contribution in [3.8, 4) is 0 Å². The molecule has 4 nitrogen and oxygen atoms in total. The number of halogens is 3. The fraction of sp³-hybridized carbons (Fsp3) is 0.588. The lowest BCUT2D eigenvalue weighted by Crippen LogP contribution is -2.48. The third-order valence-corrected chi connectivity index (χ3v) is 4.20. The lowest BCUT2D eigenvalue weighted by molar-refractivity contribution is -0.0895. The quantitative estimate of drug-likeness (QED) is 0.827. The Morgan fingerprint density at radius 1 is 1.42 bits per heavy atom.